The van der Waals surface area contributed by atoms with Crippen molar-refractivity contribution in [2.45, 2.75) is 38.1 Å². The first-order valence-corrected chi connectivity index (χ1v) is 7.40. The average molecular weight is 298 g/mol. The highest BCUT2D eigenvalue weighted by atomic mass is 16.4. The quantitative estimate of drug-likeness (QED) is 0.909. The number of para-hydroxylation sites is 1. The number of hydrogen-bond donors (Lipinski definition) is 2. The summed E-state index contributed by atoms with van der Waals surface area (Å²) in [6.45, 7) is 1.88. The molecule has 5 nitrogen and oxygen atoms in total. The number of rotatable bonds is 4. The van der Waals surface area contributed by atoms with Crippen LogP contribution in [0, 0.1) is 6.92 Å². The third-order valence-electron chi connectivity index (χ3n) is 4.28. The molecule has 5 heteroatoms. The molecule has 0 bridgehead atoms. The number of carboxylic acid groups (broad SMARTS) is 1. The lowest BCUT2D eigenvalue weighted by molar-refractivity contribution is -0.139. The van der Waals surface area contributed by atoms with E-state index in [1.165, 1.54) is 0 Å². The van der Waals surface area contributed by atoms with Crippen molar-refractivity contribution in [1.29, 1.82) is 0 Å². The van der Waals surface area contributed by atoms with Crippen LogP contribution >= 0.6 is 0 Å². The molecule has 22 heavy (non-hydrogen) atoms. The van der Waals surface area contributed by atoms with Gasteiger partial charge in [0, 0.05) is 11.1 Å². The summed E-state index contributed by atoms with van der Waals surface area (Å²) in [6, 6.07) is 9.30. The van der Waals surface area contributed by atoms with Crippen LogP contribution in [0.1, 0.15) is 41.7 Å². The van der Waals surface area contributed by atoms with Crippen LogP contribution in [0.2, 0.25) is 0 Å². The molecule has 1 saturated carbocycles. The number of hydrogen-bond acceptors (Lipinski definition) is 3. The van der Waals surface area contributed by atoms with Crippen LogP contribution in [0.25, 0.3) is 10.9 Å². The Bertz CT molecular complexity index is 751. The van der Waals surface area contributed by atoms with Crippen molar-refractivity contribution in [2.24, 2.45) is 0 Å². The molecule has 0 aliphatic heterocycles. The molecular formula is C17H18N2O3. The monoisotopic (exact) mass is 298 g/mol. The second kappa shape index (κ2) is 5.40. The number of benzene rings is 1. The molecule has 2 N–H and O–H groups in total. The predicted octanol–water partition coefficient (Wildman–Crippen LogP) is 2.67. The van der Waals surface area contributed by atoms with E-state index in [4.69, 9.17) is 5.11 Å². The Labute approximate surface area is 128 Å². The first kappa shape index (κ1) is 14.5. The van der Waals surface area contributed by atoms with Gasteiger partial charge in [0.2, 0.25) is 0 Å². The Balaban J connectivity index is 1.92. The maximum Gasteiger partial charge on any atom is 0.305 e. The zero-order valence-corrected chi connectivity index (χ0v) is 12.4. The zero-order valence-electron chi connectivity index (χ0n) is 12.4. The van der Waals surface area contributed by atoms with Gasteiger partial charge in [0.25, 0.3) is 5.91 Å². The van der Waals surface area contributed by atoms with Gasteiger partial charge in [0.15, 0.2) is 0 Å². The third-order valence-corrected chi connectivity index (χ3v) is 4.28. The van der Waals surface area contributed by atoms with Crippen molar-refractivity contribution in [1.82, 2.24) is 10.3 Å². The maximum atomic E-state index is 12.6. The standard InChI is InChI=1S/C17H18N2O3/c1-11-6-7-12-4-2-5-13(15(12)18-11)16(22)19-17(8-3-9-17)10-14(20)21/h2,4-7H,3,8-10H2,1H3,(H,19,22)(H,20,21). The average Bonchev–Trinajstić information content (AvgIpc) is 2.43. The van der Waals surface area contributed by atoms with E-state index in [1.807, 2.05) is 31.2 Å². The SMILES string of the molecule is Cc1ccc2cccc(C(=O)NC3(CC(=O)O)CCC3)c2n1. The topological polar surface area (TPSA) is 79.3 Å². The Kier molecular flexibility index (Phi) is 3.56. The van der Waals surface area contributed by atoms with Gasteiger partial charge in [-0.05, 0) is 38.3 Å². The number of pyridine rings is 1. The van der Waals surface area contributed by atoms with Crippen molar-refractivity contribution in [3.05, 3.63) is 41.6 Å². The molecule has 1 fully saturated rings. The highest BCUT2D eigenvalue weighted by Gasteiger charge is 2.40. The number of nitrogens with zero attached hydrogens (tertiary/aromatic N) is 1. The minimum absolute atomic E-state index is 0.0318. The number of carboxylic acids is 1. The molecule has 0 saturated heterocycles. The fraction of sp³-hybridized carbons (Fsp3) is 0.353. The largest absolute Gasteiger partial charge is 0.481 e. The molecule has 1 amide bonds. The highest BCUT2D eigenvalue weighted by molar-refractivity contribution is 6.05. The summed E-state index contributed by atoms with van der Waals surface area (Å²) in [6.07, 6.45) is 2.33. The first-order chi connectivity index (χ1) is 10.5. The Morgan fingerprint density at radius 2 is 2.05 bits per heavy atom. The van der Waals surface area contributed by atoms with E-state index in [1.54, 1.807) is 6.07 Å². The molecular weight excluding hydrogens is 280 g/mol. The fourth-order valence-electron chi connectivity index (χ4n) is 2.98. The maximum absolute atomic E-state index is 12.6. The number of aliphatic carboxylic acids is 1. The molecule has 3 rings (SSSR count). The lowest BCUT2D eigenvalue weighted by atomic mass is 9.74. The normalized spacial score (nSPS) is 16.0. The van der Waals surface area contributed by atoms with Gasteiger partial charge in [0.1, 0.15) is 0 Å². The van der Waals surface area contributed by atoms with Crippen LogP contribution in [0.5, 0.6) is 0 Å². The summed E-state index contributed by atoms with van der Waals surface area (Å²) in [5.41, 5.74) is 1.40. The van der Waals surface area contributed by atoms with Gasteiger partial charge in [-0.2, -0.15) is 0 Å². The summed E-state index contributed by atoms with van der Waals surface area (Å²) in [4.78, 5) is 28.1. The van der Waals surface area contributed by atoms with Crippen LogP contribution in [-0.2, 0) is 4.79 Å². The highest BCUT2D eigenvalue weighted by Crippen LogP contribution is 2.35. The molecule has 1 heterocycles. The molecule has 0 spiro atoms. The minimum Gasteiger partial charge on any atom is -0.481 e. The molecule has 114 valence electrons. The number of carbonyl (C=O) groups is 2. The predicted molar refractivity (Wildman–Crippen MR) is 82.8 cm³/mol. The Morgan fingerprint density at radius 1 is 1.27 bits per heavy atom. The molecule has 1 aliphatic carbocycles. The lowest BCUT2D eigenvalue weighted by Crippen LogP contribution is -2.54. The van der Waals surface area contributed by atoms with Crippen molar-refractivity contribution < 1.29 is 14.7 Å². The molecule has 1 aromatic carbocycles. The lowest BCUT2D eigenvalue weighted by Gasteiger charge is -2.41. The van der Waals surface area contributed by atoms with Crippen LogP contribution in [0.4, 0.5) is 0 Å². The Hall–Kier alpha value is -2.43. The number of fused-ring (bicyclic) bond motifs is 1. The molecule has 1 aliphatic rings. The third kappa shape index (κ3) is 2.66. The van der Waals surface area contributed by atoms with Gasteiger partial charge >= 0.3 is 5.97 Å². The van der Waals surface area contributed by atoms with Gasteiger partial charge in [-0.25, -0.2) is 0 Å². The minimum atomic E-state index is -0.883. The number of aryl methyl sites for hydroxylation is 1. The van der Waals surface area contributed by atoms with Crippen LogP contribution in [-0.4, -0.2) is 27.5 Å². The smallest absolute Gasteiger partial charge is 0.305 e. The zero-order chi connectivity index (χ0) is 15.7. The van der Waals surface area contributed by atoms with Gasteiger partial charge < -0.3 is 10.4 Å². The van der Waals surface area contributed by atoms with Gasteiger partial charge in [-0.3, -0.25) is 14.6 Å². The molecule has 0 radical (unpaired) electrons. The number of aromatic nitrogens is 1. The number of nitrogens with one attached hydrogen (secondary N) is 1. The van der Waals surface area contributed by atoms with Gasteiger partial charge in [-0.1, -0.05) is 18.2 Å². The Morgan fingerprint density at radius 3 is 2.68 bits per heavy atom. The number of carbonyl (C=O) groups excluding carboxylic acids is 1. The molecule has 2 aromatic rings. The summed E-state index contributed by atoms with van der Waals surface area (Å²) in [7, 11) is 0. The number of amides is 1. The first-order valence-electron chi connectivity index (χ1n) is 7.40. The molecule has 1 aromatic heterocycles. The van der Waals surface area contributed by atoms with Crippen molar-refractivity contribution in [3.8, 4) is 0 Å². The summed E-state index contributed by atoms with van der Waals surface area (Å²) >= 11 is 0. The van der Waals surface area contributed by atoms with E-state index in [-0.39, 0.29) is 12.3 Å². The van der Waals surface area contributed by atoms with E-state index in [9.17, 15) is 9.59 Å². The van der Waals surface area contributed by atoms with Gasteiger partial charge in [-0.15, -0.1) is 0 Å². The van der Waals surface area contributed by atoms with E-state index in [2.05, 4.69) is 10.3 Å². The summed E-state index contributed by atoms with van der Waals surface area (Å²) < 4.78 is 0. The van der Waals surface area contributed by atoms with Crippen LogP contribution < -0.4 is 5.32 Å². The van der Waals surface area contributed by atoms with Gasteiger partial charge in [0.05, 0.1) is 23.0 Å². The van der Waals surface area contributed by atoms with Crippen molar-refractivity contribution in [3.63, 3.8) is 0 Å². The van der Waals surface area contributed by atoms with E-state index >= 15 is 0 Å². The fourth-order valence-corrected chi connectivity index (χ4v) is 2.98. The second-order valence-corrected chi connectivity index (χ2v) is 5.99. The van der Waals surface area contributed by atoms with Crippen LogP contribution in [0.3, 0.4) is 0 Å². The van der Waals surface area contributed by atoms with E-state index in [0.29, 0.717) is 23.9 Å². The van der Waals surface area contributed by atoms with E-state index in [0.717, 1.165) is 17.5 Å². The van der Waals surface area contributed by atoms with Crippen molar-refractivity contribution >= 4 is 22.8 Å². The van der Waals surface area contributed by atoms with Crippen LogP contribution in [0.15, 0.2) is 30.3 Å². The second-order valence-electron chi connectivity index (χ2n) is 5.99. The summed E-state index contributed by atoms with van der Waals surface area (Å²) in [5.74, 6) is -1.13. The summed E-state index contributed by atoms with van der Waals surface area (Å²) in [5, 5.41) is 12.9. The molecule has 0 unspecified atom stereocenters. The van der Waals surface area contributed by atoms with Crippen molar-refractivity contribution in [2.75, 3.05) is 0 Å². The van der Waals surface area contributed by atoms with E-state index < -0.39 is 11.5 Å². The molecule has 0 atom stereocenters.